The van der Waals surface area contributed by atoms with E-state index in [-0.39, 0.29) is 76.7 Å². The van der Waals surface area contributed by atoms with E-state index in [0.29, 0.717) is 33.0 Å². The number of nitrogens with zero attached hydrogens (tertiary/aromatic N) is 3. The van der Waals surface area contributed by atoms with Gasteiger partial charge in [-0.15, -0.1) is 0 Å². The predicted octanol–water partition coefficient (Wildman–Crippen LogP) is 2.72. The van der Waals surface area contributed by atoms with Gasteiger partial charge in [-0.1, -0.05) is 5.11 Å². The van der Waals surface area contributed by atoms with Gasteiger partial charge in [-0.05, 0) is 47.1 Å². The van der Waals surface area contributed by atoms with Crippen molar-refractivity contribution >= 4 is 17.8 Å². The van der Waals surface area contributed by atoms with Crippen molar-refractivity contribution in [2.75, 3.05) is 72.6 Å². The van der Waals surface area contributed by atoms with Crippen molar-refractivity contribution in [3.63, 3.8) is 0 Å². The molecule has 0 aromatic heterocycles. The molecule has 0 aliphatic carbocycles. The molecule has 0 aromatic carbocycles. The molecule has 1 N–H and O–H groups in total. The van der Waals surface area contributed by atoms with Gasteiger partial charge in [0.15, 0.2) is 0 Å². The highest BCUT2D eigenvalue weighted by molar-refractivity contribution is 5.76. The summed E-state index contributed by atoms with van der Waals surface area (Å²) in [5, 5.41) is 6.19. The van der Waals surface area contributed by atoms with Crippen LogP contribution in [-0.2, 0) is 47.5 Å². The van der Waals surface area contributed by atoms with Crippen LogP contribution in [0.25, 0.3) is 10.4 Å². The van der Waals surface area contributed by atoms with Crippen molar-refractivity contribution in [3.8, 4) is 0 Å². The van der Waals surface area contributed by atoms with Gasteiger partial charge in [-0.2, -0.15) is 0 Å². The van der Waals surface area contributed by atoms with Crippen LogP contribution in [0.3, 0.4) is 0 Å². The fraction of sp³-hybridized carbons (Fsp3) is 0.885. The molecule has 0 spiro atoms. The standard InChI is InChI=1S/C26H48N4O10/c1-25(2,3)39-23(32)8-12-37-19-21(20-38-13-9-24(33)40-26(4,5)6)29-22(31)7-11-34-15-17-36-18-16-35-14-10-28-30-27/h21H,7-20H2,1-6H3,(H,29,31). The van der Waals surface area contributed by atoms with Gasteiger partial charge in [0.05, 0.1) is 85.0 Å². The lowest BCUT2D eigenvalue weighted by atomic mass is 10.2. The first-order valence-electron chi connectivity index (χ1n) is 13.4. The molecule has 0 fully saturated rings. The third kappa shape index (κ3) is 27.1. The second-order valence-electron chi connectivity index (χ2n) is 10.6. The summed E-state index contributed by atoms with van der Waals surface area (Å²) in [6, 6.07) is -0.494. The summed E-state index contributed by atoms with van der Waals surface area (Å²) in [6.07, 6.45) is 0.277. The van der Waals surface area contributed by atoms with E-state index < -0.39 is 17.2 Å². The molecule has 14 nitrogen and oxygen atoms in total. The summed E-state index contributed by atoms with van der Waals surface area (Å²) in [6.45, 7) is 13.4. The second-order valence-corrected chi connectivity index (χ2v) is 10.6. The van der Waals surface area contributed by atoms with Crippen LogP contribution < -0.4 is 5.32 Å². The Labute approximate surface area is 237 Å². The van der Waals surface area contributed by atoms with Crippen LogP contribution in [0.5, 0.6) is 0 Å². The summed E-state index contributed by atoms with van der Waals surface area (Å²) in [7, 11) is 0. The molecule has 0 bridgehead atoms. The lowest BCUT2D eigenvalue weighted by Gasteiger charge is -2.21. The molecule has 40 heavy (non-hydrogen) atoms. The van der Waals surface area contributed by atoms with E-state index >= 15 is 0 Å². The Balaban J connectivity index is 4.31. The fourth-order valence-corrected chi connectivity index (χ4v) is 2.84. The third-order valence-corrected chi connectivity index (χ3v) is 4.36. The highest BCUT2D eigenvalue weighted by Crippen LogP contribution is 2.09. The van der Waals surface area contributed by atoms with E-state index in [4.69, 9.17) is 38.7 Å². The van der Waals surface area contributed by atoms with Crippen LogP contribution >= 0.6 is 0 Å². The molecule has 0 saturated carbocycles. The lowest BCUT2D eigenvalue weighted by Crippen LogP contribution is -2.42. The summed E-state index contributed by atoms with van der Waals surface area (Å²) < 4.78 is 37.7. The van der Waals surface area contributed by atoms with Gasteiger partial charge in [-0.25, -0.2) is 0 Å². The number of carbonyl (C=O) groups excluding carboxylic acids is 3. The highest BCUT2D eigenvalue weighted by atomic mass is 16.6. The minimum atomic E-state index is -0.576. The number of hydrogen-bond donors (Lipinski definition) is 1. The van der Waals surface area contributed by atoms with Crippen molar-refractivity contribution < 1.29 is 47.5 Å². The van der Waals surface area contributed by atoms with Crippen LogP contribution in [0.2, 0.25) is 0 Å². The summed E-state index contributed by atoms with van der Waals surface area (Å²) in [5.74, 6) is -1.01. The van der Waals surface area contributed by atoms with Gasteiger partial charge in [0.1, 0.15) is 11.2 Å². The molecule has 14 heteroatoms. The Hall–Kier alpha value is -2.48. The zero-order valence-electron chi connectivity index (χ0n) is 24.9. The normalized spacial score (nSPS) is 11.7. The highest BCUT2D eigenvalue weighted by Gasteiger charge is 2.18. The first kappa shape index (κ1) is 37.5. The van der Waals surface area contributed by atoms with E-state index in [0.717, 1.165) is 0 Å². The Morgan fingerprint density at radius 2 is 1.10 bits per heavy atom. The quantitative estimate of drug-likeness (QED) is 0.0625. The SMILES string of the molecule is CC(C)(C)OC(=O)CCOCC(COCCC(=O)OC(C)(C)C)NC(=O)CCOCCOCCOCCN=[N+]=[N-]. The van der Waals surface area contributed by atoms with Gasteiger partial charge in [0.25, 0.3) is 0 Å². The van der Waals surface area contributed by atoms with Gasteiger partial charge in [0.2, 0.25) is 5.91 Å². The third-order valence-electron chi connectivity index (χ3n) is 4.36. The smallest absolute Gasteiger partial charge is 0.308 e. The lowest BCUT2D eigenvalue weighted by molar-refractivity contribution is -0.157. The van der Waals surface area contributed by atoms with Gasteiger partial charge in [-0.3, -0.25) is 14.4 Å². The molecule has 0 aromatic rings. The molecule has 0 atom stereocenters. The number of ether oxygens (including phenoxy) is 7. The maximum absolute atomic E-state index is 12.4. The number of rotatable bonds is 23. The number of hydrogen-bond acceptors (Lipinski definition) is 11. The van der Waals surface area contributed by atoms with E-state index in [1.54, 1.807) is 41.5 Å². The van der Waals surface area contributed by atoms with Crippen molar-refractivity contribution in [1.82, 2.24) is 5.32 Å². The van der Waals surface area contributed by atoms with Gasteiger partial charge < -0.3 is 38.5 Å². The average molecular weight is 577 g/mol. The Bertz CT molecular complexity index is 726. The van der Waals surface area contributed by atoms with Crippen molar-refractivity contribution in [3.05, 3.63) is 10.4 Å². The Kier molecular flexibility index (Phi) is 20.9. The molecule has 0 unspecified atom stereocenters. The minimum Gasteiger partial charge on any atom is -0.460 e. The number of nitrogens with one attached hydrogen (secondary N) is 1. The first-order chi connectivity index (χ1) is 18.8. The minimum absolute atomic E-state index is 0.0786. The zero-order valence-corrected chi connectivity index (χ0v) is 24.9. The molecule has 0 saturated heterocycles. The molecular formula is C26H48N4O10. The molecule has 1 amide bonds. The molecule has 0 radical (unpaired) electrons. The van der Waals surface area contributed by atoms with E-state index in [1.165, 1.54) is 0 Å². The predicted molar refractivity (Wildman–Crippen MR) is 146 cm³/mol. The van der Waals surface area contributed by atoms with E-state index in [1.807, 2.05) is 0 Å². The van der Waals surface area contributed by atoms with Gasteiger partial charge >= 0.3 is 11.9 Å². The monoisotopic (exact) mass is 576 g/mol. The maximum atomic E-state index is 12.4. The molecule has 0 aliphatic heterocycles. The molecule has 0 aliphatic rings. The molecule has 232 valence electrons. The average Bonchev–Trinajstić information content (AvgIpc) is 2.82. The zero-order chi connectivity index (χ0) is 30.3. The van der Waals surface area contributed by atoms with E-state index in [9.17, 15) is 14.4 Å². The topological polar surface area (TPSA) is 177 Å². The Morgan fingerprint density at radius 3 is 1.55 bits per heavy atom. The largest absolute Gasteiger partial charge is 0.460 e. The second kappa shape index (κ2) is 22.2. The van der Waals surface area contributed by atoms with Gasteiger partial charge in [0, 0.05) is 17.9 Å². The van der Waals surface area contributed by atoms with Crippen molar-refractivity contribution in [2.45, 2.75) is 78.0 Å². The Morgan fingerprint density at radius 1 is 0.675 bits per heavy atom. The van der Waals surface area contributed by atoms with Crippen LogP contribution in [0, 0.1) is 0 Å². The number of amides is 1. The summed E-state index contributed by atoms with van der Waals surface area (Å²) in [5.41, 5.74) is 7.01. The van der Waals surface area contributed by atoms with Crippen molar-refractivity contribution in [2.24, 2.45) is 5.11 Å². The first-order valence-corrected chi connectivity index (χ1v) is 13.4. The fourth-order valence-electron chi connectivity index (χ4n) is 2.84. The molecular weight excluding hydrogens is 528 g/mol. The van der Waals surface area contributed by atoms with Crippen LogP contribution in [0.1, 0.15) is 60.8 Å². The molecule has 0 rings (SSSR count). The number of azide groups is 1. The van der Waals surface area contributed by atoms with Crippen molar-refractivity contribution in [1.29, 1.82) is 0 Å². The number of esters is 2. The summed E-state index contributed by atoms with van der Waals surface area (Å²) in [4.78, 5) is 38.8. The van der Waals surface area contributed by atoms with Crippen LogP contribution in [0.4, 0.5) is 0 Å². The summed E-state index contributed by atoms with van der Waals surface area (Å²) >= 11 is 0. The molecule has 0 heterocycles. The van der Waals surface area contributed by atoms with Crippen LogP contribution in [-0.4, -0.2) is 108 Å². The van der Waals surface area contributed by atoms with E-state index in [2.05, 4.69) is 15.3 Å². The van der Waals surface area contributed by atoms with Crippen LogP contribution in [0.15, 0.2) is 5.11 Å². The maximum Gasteiger partial charge on any atom is 0.308 e. The number of carbonyl (C=O) groups is 3.